The minimum atomic E-state index is -0.708. The van der Waals surface area contributed by atoms with Gasteiger partial charge in [0, 0.05) is 12.6 Å². The van der Waals surface area contributed by atoms with Crippen LogP contribution in [0, 0.1) is 17.6 Å². The third-order valence-corrected chi connectivity index (χ3v) is 2.91. The van der Waals surface area contributed by atoms with Gasteiger partial charge in [0.2, 0.25) is 0 Å². The van der Waals surface area contributed by atoms with Crippen molar-refractivity contribution in [1.82, 2.24) is 4.98 Å². The van der Waals surface area contributed by atoms with Crippen LogP contribution in [0.2, 0.25) is 0 Å². The Kier molecular flexibility index (Phi) is 3.80. The smallest absolute Gasteiger partial charge is 0.168 e. The lowest BCUT2D eigenvalue weighted by molar-refractivity contribution is 0.379. The second-order valence-corrected chi connectivity index (χ2v) is 4.39. The van der Waals surface area contributed by atoms with Crippen molar-refractivity contribution in [3.8, 4) is 0 Å². The van der Waals surface area contributed by atoms with Crippen LogP contribution in [0.15, 0.2) is 12.3 Å². The summed E-state index contributed by atoms with van der Waals surface area (Å²) in [6, 6.07) is 0.798. The second-order valence-electron chi connectivity index (χ2n) is 4.39. The molecule has 5 heteroatoms. The van der Waals surface area contributed by atoms with Crippen LogP contribution >= 0.6 is 0 Å². The average Bonchev–Trinajstić information content (AvgIpc) is 2.22. The van der Waals surface area contributed by atoms with Gasteiger partial charge in [0.1, 0.15) is 5.82 Å². The standard InChI is InChI=1S/C11H17F2N3/c1-7(2)11(3,6-14)16-10-9(13)4-8(12)5-15-10/h4-5,7H,6,14H2,1-3H3,(H,15,16). The fourth-order valence-corrected chi connectivity index (χ4v) is 1.21. The molecule has 1 aromatic rings. The van der Waals surface area contributed by atoms with Gasteiger partial charge in [-0.1, -0.05) is 13.8 Å². The summed E-state index contributed by atoms with van der Waals surface area (Å²) in [6.07, 6.45) is 0.975. The molecule has 90 valence electrons. The Morgan fingerprint density at radius 1 is 1.50 bits per heavy atom. The van der Waals surface area contributed by atoms with Gasteiger partial charge < -0.3 is 11.1 Å². The van der Waals surface area contributed by atoms with Crippen molar-refractivity contribution in [3.63, 3.8) is 0 Å². The van der Waals surface area contributed by atoms with Gasteiger partial charge in [0.15, 0.2) is 11.6 Å². The van der Waals surface area contributed by atoms with E-state index in [2.05, 4.69) is 10.3 Å². The van der Waals surface area contributed by atoms with Crippen LogP contribution in [0.4, 0.5) is 14.6 Å². The maximum Gasteiger partial charge on any atom is 0.168 e. The summed E-state index contributed by atoms with van der Waals surface area (Å²) >= 11 is 0. The van der Waals surface area contributed by atoms with Crippen LogP contribution < -0.4 is 11.1 Å². The number of nitrogens with one attached hydrogen (secondary N) is 1. The summed E-state index contributed by atoms with van der Waals surface area (Å²) in [5.74, 6) is -1.17. The first-order valence-corrected chi connectivity index (χ1v) is 5.18. The fraction of sp³-hybridized carbons (Fsp3) is 0.545. The summed E-state index contributed by atoms with van der Waals surface area (Å²) in [5.41, 5.74) is 5.18. The molecule has 0 saturated carbocycles. The van der Waals surface area contributed by atoms with Gasteiger partial charge >= 0.3 is 0 Å². The molecule has 0 amide bonds. The Morgan fingerprint density at radius 3 is 2.56 bits per heavy atom. The highest BCUT2D eigenvalue weighted by Gasteiger charge is 2.27. The zero-order valence-corrected chi connectivity index (χ0v) is 9.72. The molecule has 0 aliphatic rings. The normalized spacial score (nSPS) is 14.9. The van der Waals surface area contributed by atoms with Crippen molar-refractivity contribution in [2.75, 3.05) is 11.9 Å². The van der Waals surface area contributed by atoms with Gasteiger partial charge in [-0.05, 0) is 12.8 Å². The predicted molar refractivity (Wildman–Crippen MR) is 60.1 cm³/mol. The number of rotatable bonds is 4. The van der Waals surface area contributed by atoms with Crippen molar-refractivity contribution in [3.05, 3.63) is 23.9 Å². The van der Waals surface area contributed by atoms with E-state index in [9.17, 15) is 8.78 Å². The quantitative estimate of drug-likeness (QED) is 0.831. The number of aromatic nitrogens is 1. The van der Waals surface area contributed by atoms with Gasteiger partial charge in [-0.3, -0.25) is 0 Å². The number of hydrogen-bond acceptors (Lipinski definition) is 3. The van der Waals surface area contributed by atoms with E-state index in [1.165, 1.54) is 0 Å². The van der Waals surface area contributed by atoms with Crippen LogP contribution in [0.3, 0.4) is 0 Å². The van der Waals surface area contributed by atoms with Gasteiger partial charge in [-0.25, -0.2) is 13.8 Å². The van der Waals surface area contributed by atoms with Crippen LogP contribution in [0.25, 0.3) is 0 Å². The molecule has 0 aliphatic heterocycles. The monoisotopic (exact) mass is 229 g/mol. The lowest BCUT2D eigenvalue weighted by Gasteiger charge is -2.34. The first-order chi connectivity index (χ1) is 7.39. The highest BCUT2D eigenvalue weighted by molar-refractivity contribution is 5.39. The summed E-state index contributed by atoms with van der Waals surface area (Å²) < 4.78 is 26.0. The number of nitrogens with two attached hydrogens (primary N) is 1. The van der Waals surface area contributed by atoms with Gasteiger partial charge in [-0.2, -0.15) is 0 Å². The topological polar surface area (TPSA) is 50.9 Å². The molecular weight excluding hydrogens is 212 g/mol. The summed E-state index contributed by atoms with van der Waals surface area (Å²) in [4.78, 5) is 3.68. The molecule has 1 unspecified atom stereocenters. The Bertz CT molecular complexity index is 368. The second kappa shape index (κ2) is 4.74. The van der Waals surface area contributed by atoms with E-state index in [1.54, 1.807) is 0 Å². The molecule has 1 rings (SSSR count). The summed E-state index contributed by atoms with van der Waals surface area (Å²) in [7, 11) is 0. The maximum atomic E-state index is 13.4. The lowest BCUT2D eigenvalue weighted by atomic mass is 9.88. The number of nitrogens with zero attached hydrogens (tertiary/aromatic N) is 1. The van der Waals surface area contributed by atoms with Crippen molar-refractivity contribution in [2.24, 2.45) is 11.7 Å². The van der Waals surface area contributed by atoms with E-state index in [1.807, 2.05) is 20.8 Å². The molecule has 0 saturated heterocycles. The SMILES string of the molecule is CC(C)C(C)(CN)Nc1ncc(F)cc1F. The van der Waals surface area contributed by atoms with Crippen molar-refractivity contribution < 1.29 is 8.78 Å². The molecule has 1 heterocycles. The maximum absolute atomic E-state index is 13.4. The van der Waals surface area contributed by atoms with Crippen molar-refractivity contribution >= 4 is 5.82 Å². The first-order valence-electron chi connectivity index (χ1n) is 5.18. The van der Waals surface area contributed by atoms with Gasteiger partial charge in [0.05, 0.1) is 11.7 Å². The highest BCUT2D eigenvalue weighted by Crippen LogP contribution is 2.22. The Balaban J connectivity index is 2.95. The van der Waals surface area contributed by atoms with Crippen molar-refractivity contribution in [2.45, 2.75) is 26.3 Å². The lowest BCUT2D eigenvalue weighted by Crippen LogP contribution is -2.47. The molecule has 1 atom stereocenters. The Labute approximate surface area is 94.1 Å². The van der Waals surface area contributed by atoms with E-state index in [0.29, 0.717) is 6.54 Å². The highest BCUT2D eigenvalue weighted by atomic mass is 19.1. The van der Waals surface area contributed by atoms with Gasteiger partial charge in [0.25, 0.3) is 0 Å². The largest absolute Gasteiger partial charge is 0.361 e. The van der Waals surface area contributed by atoms with E-state index in [4.69, 9.17) is 5.73 Å². The minimum Gasteiger partial charge on any atom is -0.361 e. The number of hydrogen-bond donors (Lipinski definition) is 2. The molecular formula is C11H17F2N3. The molecule has 1 aromatic heterocycles. The molecule has 0 bridgehead atoms. The molecule has 0 radical (unpaired) electrons. The zero-order chi connectivity index (χ0) is 12.3. The van der Waals surface area contributed by atoms with E-state index < -0.39 is 17.2 Å². The molecule has 0 aromatic carbocycles. The zero-order valence-electron chi connectivity index (χ0n) is 9.72. The number of halogens is 2. The first kappa shape index (κ1) is 12.8. The molecule has 3 nitrogen and oxygen atoms in total. The molecule has 0 fully saturated rings. The summed E-state index contributed by atoms with van der Waals surface area (Å²) in [6.45, 7) is 6.16. The van der Waals surface area contributed by atoms with Crippen LogP contribution in [-0.4, -0.2) is 17.1 Å². The van der Waals surface area contributed by atoms with E-state index in [0.717, 1.165) is 12.3 Å². The van der Waals surface area contributed by atoms with E-state index >= 15 is 0 Å². The van der Waals surface area contributed by atoms with Crippen molar-refractivity contribution in [1.29, 1.82) is 0 Å². The third-order valence-electron chi connectivity index (χ3n) is 2.91. The Hall–Kier alpha value is -1.23. The summed E-state index contributed by atoms with van der Waals surface area (Å²) in [5, 5.41) is 2.92. The Morgan fingerprint density at radius 2 is 2.12 bits per heavy atom. The number of anilines is 1. The van der Waals surface area contributed by atoms with Crippen LogP contribution in [0.1, 0.15) is 20.8 Å². The minimum absolute atomic E-state index is 0.0306. The molecule has 0 aliphatic carbocycles. The van der Waals surface area contributed by atoms with Gasteiger partial charge in [-0.15, -0.1) is 0 Å². The molecule has 3 N–H and O–H groups in total. The molecule has 0 spiro atoms. The third kappa shape index (κ3) is 2.66. The number of pyridine rings is 1. The molecule has 16 heavy (non-hydrogen) atoms. The average molecular weight is 229 g/mol. The van der Waals surface area contributed by atoms with E-state index in [-0.39, 0.29) is 11.7 Å². The van der Waals surface area contributed by atoms with Crippen LogP contribution in [0.5, 0.6) is 0 Å². The fourth-order valence-electron chi connectivity index (χ4n) is 1.21. The predicted octanol–water partition coefficient (Wildman–Crippen LogP) is 2.15. The van der Waals surface area contributed by atoms with Crippen LogP contribution in [-0.2, 0) is 0 Å².